The van der Waals surface area contributed by atoms with Crippen molar-refractivity contribution in [1.29, 1.82) is 0 Å². The van der Waals surface area contributed by atoms with Crippen LogP contribution in [0.25, 0.3) is 11.1 Å². The van der Waals surface area contributed by atoms with E-state index >= 15 is 0 Å². The zero-order valence-corrected chi connectivity index (χ0v) is 44.5. The second kappa shape index (κ2) is 15.2. The van der Waals surface area contributed by atoms with Crippen molar-refractivity contribution >= 4 is 46.1 Å². The Morgan fingerprint density at radius 1 is 0.522 bits per heavy atom. The van der Waals surface area contributed by atoms with Crippen molar-refractivity contribution in [2.45, 2.75) is 168 Å². The third-order valence-corrected chi connectivity index (χ3v) is 17.5. The van der Waals surface area contributed by atoms with Crippen molar-refractivity contribution in [2.75, 3.05) is 9.80 Å². The van der Waals surface area contributed by atoms with Crippen LogP contribution in [0.5, 0.6) is 0 Å². The Hall–Kier alpha value is -5.54. The molecule has 11 rings (SSSR count). The molecule has 352 valence electrons. The predicted octanol–water partition coefficient (Wildman–Crippen LogP) is 16.6. The molecular formula is C66H75BN2. The molecule has 1 atom stereocenters. The van der Waals surface area contributed by atoms with Crippen LogP contribution >= 0.6 is 0 Å². The van der Waals surface area contributed by atoms with Crippen LogP contribution in [0.15, 0.2) is 139 Å². The van der Waals surface area contributed by atoms with Crippen LogP contribution in [-0.2, 0) is 32.5 Å². The molecule has 6 aromatic carbocycles. The fourth-order valence-corrected chi connectivity index (χ4v) is 13.5. The first-order valence-electron chi connectivity index (χ1n) is 26.2. The summed E-state index contributed by atoms with van der Waals surface area (Å²) in [5.74, 6) is 0.265. The number of hydrogen-bond donors (Lipinski definition) is 0. The minimum atomic E-state index is -0.124. The summed E-state index contributed by atoms with van der Waals surface area (Å²) in [6.07, 6.45) is 9.79. The van der Waals surface area contributed by atoms with Crippen LogP contribution in [0.4, 0.5) is 28.4 Å². The van der Waals surface area contributed by atoms with Crippen LogP contribution in [0.3, 0.4) is 0 Å². The topological polar surface area (TPSA) is 6.48 Å². The molecule has 0 radical (unpaired) electrons. The molecule has 0 fully saturated rings. The van der Waals surface area contributed by atoms with Crippen molar-refractivity contribution in [3.05, 3.63) is 183 Å². The van der Waals surface area contributed by atoms with Crippen molar-refractivity contribution in [3.63, 3.8) is 0 Å². The summed E-state index contributed by atoms with van der Waals surface area (Å²) in [5, 5.41) is 0. The van der Waals surface area contributed by atoms with Gasteiger partial charge < -0.3 is 9.80 Å². The Balaban J connectivity index is 1.29. The molecule has 0 N–H and O–H groups in total. The number of anilines is 5. The maximum atomic E-state index is 2.75. The van der Waals surface area contributed by atoms with Gasteiger partial charge in [0.15, 0.2) is 0 Å². The quantitative estimate of drug-likeness (QED) is 0.163. The fourth-order valence-electron chi connectivity index (χ4n) is 13.5. The first-order chi connectivity index (χ1) is 32.4. The second-order valence-electron chi connectivity index (χ2n) is 26.4. The van der Waals surface area contributed by atoms with Gasteiger partial charge in [0.25, 0.3) is 6.71 Å². The number of benzene rings is 6. The van der Waals surface area contributed by atoms with Gasteiger partial charge in [-0.05, 0) is 168 Å². The minimum absolute atomic E-state index is 0.0144. The van der Waals surface area contributed by atoms with Crippen LogP contribution in [0.1, 0.15) is 173 Å². The summed E-state index contributed by atoms with van der Waals surface area (Å²) in [6, 6.07) is 45.6. The van der Waals surface area contributed by atoms with Gasteiger partial charge in [0, 0.05) is 39.9 Å². The molecule has 69 heavy (non-hydrogen) atoms. The molecule has 5 aliphatic rings. The van der Waals surface area contributed by atoms with Crippen molar-refractivity contribution < 1.29 is 0 Å². The predicted molar refractivity (Wildman–Crippen MR) is 298 cm³/mol. The highest BCUT2D eigenvalue weighted by Crippen LogP contribution is 2.56. The van der Waals surface area contributed by atoms with E-state index < -0.39 is 0 Å². The largest absolute Gasteiger partial charge is 0.311 e. The van der Waals surface area contributed by atoms with E-state index in [-0.39, 0.29) is 45.1 Å². The van der Waals surface area contributed by atoms with Gasteiger partial charge in [-0.3, -0.25) is 0 Å². The Bertz CT molecular complexity index is 3140. The normalized spacial score (nSPS) is 20.3. The van der Waals surface area contributed by atoms with Crippen LogP contribution in [0.2, 0.25) is 0 Å². The summed E-state index contributed by atoms with van der Waals surface area (Å²) >= 11 is 0. The van der Waals surface area contributed by atoms with Crippen molar-refractivity contribution in [3.8, 4) is 11.1 Å². The highest BCUT2D eigenvalue weighted by atomic mass is 15.2. The molecule has 0 saturated heterocycles. The Labute approximate surface area is 416 Å². The molecule has 2 nitrogen and oxygen atoms in total. The number of nitrogens with zero attached hydrogens (tertiary/aromatic N) is 2. The van der Waals surface area contributed by atoms with Crippen LogP contribution < -0.4 is 20.7 Å². The number of fused-ring (bicyclic) bond motifs is 6. The lowest BCUT2D eigenvalue weighted by molar-refractivity contribution is 0.332. The van der Waals surface area contributed by atoms with E-state index in [0.29, 0.717) is 0 Å². The van der Waals surface area contributed by atoms with Gasteiger partial charge in [0.1, 0.15) is 0 Å². The van der Waals surface area contributed by atoms with Gasteiger partial charge in [-0.1, -0.05) is 188 Å². The summed E-state index contributed by atoms with van der Waals surface area (Å²) < 4.78 is 0. The highest BCUT2D eigenvalue weighted by molar-refractivity contribution is 6.96. The maximum Gasteiger partial charge on any atom is 0.251 e. The molecule has 0 bridgehead atoms. The lowest BCUT2D eigenvalue weighted by Crippen LogP contribution is -2.57. The Morgan fingerprint density at radius 3 is 1.70 bits per heavy atom. The molecule has 2 heterocycles. The average molecular weight is 907 g/mol. The van der Waals surface area contributed by atoms with E-state index in [1.807, 2.05) is 0 Å². The fraction of sp³-hybridized carbons (Fsp3) is 0.394. The van der Waals surface area contributed by atoms with Crippen LogP contribution in [-0.4, -0.2) is 6.71 Å². The first-order valence-corrected chi connectivity index (χ1v) is 26.2. The molecule has 0 aromatic heterocycles. The summed E-state index contributed by atoms with van der Waals surface area (Å²) in [5.41, 5.74) is 26.2. The average Bonchev–Trinajstić information content (AvgIpc) is 3.48. The van der Waals surface area contributed by atoms with Crippen LogP contribution in [0, 0.1) is 6.92 Å². The minimum Gasteiger partial charge on any atom is -0.311 e. The summed E-state index contributed by atoms with van der Waals surface area (Å²) in [7, 11) is 0. The zero-order valence-electron chi connectivity index (χ0n) is 44.5. The monoisotopic (exact) mass is 907 g/mol. The first kappa shape index (κ1) is 45.9. The van der Waals surface area contributed by atoms with Gasteiger partial charge in [-0.15, -0.1) is 0 Å². The number of rotatable bonds is 4. The molecular weight excluding hydrogens is 832 g/mol. The Kier molecular flexibility index (Phi) is 10.1. The van der Waals surface area contributed by atoms with Gasteiger partial charge in [-0.2, -0.15) is 0 Å². The number of aryl methyl sites for hydroxylation is 1. The SMILES string of the molecule is Cc1cc2c(cc1N1C3=CC(c4ccccc4)CC=C3B3c4cc5c(cc4N(c4ccc(C(C)(C)C)cc4-c4ccccc4)c4cc(C(C)(C)C)cc1c43)C(C)(C)CC5(C)C)C(C)(C)CCC2(C)C. The van der Waals surface area contributed by atoms with Gasteiger partial charge >= 0.3 is 0 Å². The van der Waals surface area contributed by atoms with Gasteiger partial charge in [0.05, 0.1) is 5.69 Å². The second-order valence-corrected chi connectivity index (χ2v) is 26.4. The molecule has 0 spiro atoms. The molecule has 0 saturated carbocycles. The lowest BCUT2D eigenvalue weighted by atomic mass is 9.31. The number of allylic oxidation sites excluding steroid dienone is 3. The molecule has 6 aromatic rings. The molecule has 3 heteroatoms. The highest BCUT2D eigenvalue weighted by Gasteiger charge is 2.50. The Morgan fingerprint density at radius 2 is 1.07 bits per heavy atom. The zero-order chi connectivity index (χ0) is 49.0. The standard InChI is InChI=1S/C66H75BN2/c1-41-32-48-50(64(10,11)31-30-63(48,8)9)38-55(41)69-56-33-44(42-22-18-16-19-23-42)26-28-52(56)67-53-37-49-51(66(14,15)40-65(49,12)13)39-57(53)68(58-35-46(62(5,6)7)36-59(69)60(58)67)54-29-27-45(61(2,3)4)34-47(54)43-24-20-17-21-25-43/h16-25,27-29,32-39,44H,26,30-31,40H2,1-15H3. The van der Waals surface area contributed by atoms with Crippen molar-refractivity contribution in [1.82, 2.24) is 0 Å². The van der Waals surface area contributed by atoms with E-state index in [4.69, 9.17) is 0 Å². The van der Waals surface area contributed by atoms with Crippen molar-refractivity contribution in [2.24, 2.45) is 0 Å². The third-order valence-electron chi connectivity index (χ3n) is 17.5. The smallest absolute Gasteiger partial charge is 0.251 e. The van der Waals surface area contributed by atoms with Gasteiger partial charge in [0.2, 0.25) is 0 Å². The molecule has 2 aliphatic heterocycles. The van der Waals surface area contributed by atoms with E-state index in [1.54, 1.807) is 0 Å². The van der Waals surface area contributed by atoms with E-state index in [0.717, 1.165) is 12.8 Å². The van der Waals surface area contributed by atoms with Gasteiger partial charge in [-0.25, -0.2) is 0 Å². The van der Waals surface area contributed by atoms with E-state index in [1.165, 1.54) is 119 Å². The number of hydrogen-bond acceptors (Lipinski definition) is 2. The molecule has 0 amide bonds. The molecule has 1 unspecified atom stereocenters. The maximum absolute atomic E-state index is 2.75. The van der Waals surface area contributed by atoms with E-state index in [2.05, 4.69) is 241 Å². The third kappa shape index (κ3) is 7.25. The molecule has 3 aliphatic carbocycles. The van der Waals surface area contributed by atoms with E-state index in [9.17, 15) is 0 Å². The lowest BCUT2D eigenvalue weighted by Gasteiger charge is -2.49. The summed E-state index contributed by atoms with van der Waals surface area (Å²) in [4.78, 5) is 5.48. The summed E-state index contributed by atoms with van der Waals surface area (Å²) in [6.45, 7) is 36.5.